The van der Waals surface area contributed by atoms with Gasteiger partial charge in [0.15, 0.2) is 11.6 Å². The van der Waals surface area contributed by atoms with Gasteiger partial charge >= 0.3 is 5.97 Å². The van der Waals surface area contributed by atoms with E-state index < -0.39 is 68.9 Å². The van der Waals surface area contributed by atoms with E-state index in [-0.39, 0.29) is 25.2 Å². The molecule has 3 rings (SSSR count). The lowest BCUT2D eigenvalue weighted by Gasteiger charge is -2.52. The SMILES string of the molecule is CC(C)C(=O)C=C(O)C1(C(=O)C2(C)CC(C(C)(C)O)OC2=O)CC2C(CCC2(C)O)C(C)(O)C1. The maximum absolute atomic E-state index is 14.3. The highest BCUT2D eigenvalue weighted by molar-refractivity contribution is 6.09. The quantitative estimate of drug-likeness (QED) is 0.197. The van der Waals surface area contributed by atoms with E-state index in [1.165, 1.54) is 20.8 Å². The minimum atomic E-state index is -1.77. The van der Waals surface area contributed by atoms with E-state index in [1.54, 1.807) is 27.7 Å². The smallest absolute Gasteiger partial charge is 0.319 e. The fraction of sp³-hybridized carbons (Fsp3) is 0.808. The summed E-state index contributed by atoms with van der Waals surface area (Å²) in [5.74, 6) is -3.64. The number of ketones is 2. The van der Waals surface area contributed by atoms with Crippen molar-refractivity contribution in [3.63, 3.8) is 0 Å². The van der Waals surface area contributed by atoms with Crippen molar-refractivity contribution in [2.24, 2.45) is 28.6 Å². The third-order valence-corrected chi connectivity index (χ3v) is 8.63. The van der Waals surface area contributed by atoms with Crippen LogP contribution in [0.5, 0.6) is 0 Å². The van der Waals surface area contributed by atoms with Crippen LogP contribution in [0, 0.1) is 28.6 Å². The minimum Gasteiger partial charge on any atom is -0.511 e. The summed E-state index contributed by atoms with van der Waals surface area (Å²) < 4.78 is 5.39. The van der Waals surface area contributed by atoms with E-state index in [2.05, 4.69) is 0 Å². The van der Waals surface area contributed by atoms with Crippen molar-refractivity contribution in [1.82, 2.24) is 0 Å². The molecule has 0 bridgehead atoms. The highest BCUT2D eigenvalue weighted by atomic mass is 16.6. The highest BCUT2D eigenvalue weighted by Gasteiger charge is 2.67. The molecule has 0 spiro atoms. The van der Waals surface area contributed by atoms with Crippen LogP contribution in [0.25, 0.3) is 0 Å². The van der Waals surface area contributed by atoms with Gasteiger partial charge in [0.2, 0.25) is 0 Å². The first-order valence-corrected chi connectivity index (χ1v) is 12.2. The number of carbonyl (C=O) groups is 3. The molecule has 3 fully saturated rings. The Morgan fingerprint density at radius 3 is 2.18 bits per heavy atom. The van der Waals surface area contributed by atoms with Gasteiger partial charge in [0.05, 0.1) is 22.2 Å². The number of fused-ring (bicyclic) bond motifs is 1. The van der Waals surface area contributed by atoms with E-state index in [0.29, 0.717) is 12.8 Å². The Hall–Kier alpha value is -1.77. The normalized spacial score (nSPS) is 43.1. The van der Waals surface area contributed by atoms with E-state index in [0.717, 1.165) is 6.08 Å². The molecule has 0 amide bonds. The summed E-state index contributed by atoms with van der Waals surface area (Å²) in [5, 5.41) is 44.4. The molecular formula is C26H40O8. The van der Waals surface area contributed by atoms with Crippen LogP contribution in [0.1, 0.15) is 80.6 Å². The maximum atomic E-state index is 14.3. The predicted molar refractivity (Wildman–Crippen MR) is 124 cm³/mol. The lowest BCUT2D eigenvalue weighted by atomic mass is 9.52. The zero-order valence-corrected chi connectivity index (χ0v) is 21.3. The summed E-state index contributed by atoms with van der Waals surface area (Å²) in [4.78, 5) is 39.9. The van der Waals surface area contributed by atoms with Crippen LogP contribution < -0.4 is 0 Å². The van der Waals surface area contributed by atoms with Crippen molar-refractivity contribution in [1.29, 1.82) is 0 Å². The number of allylic oxidation sites excluding steroid dienone is 2. The van der Waals surface area contributed by atoms with Crippen molar-refractivity contribution in [2.45, 2.75) is 103 Å². The molecule has 34 heavy (non-hydrogen) atoms. The van der Waals surface area contributed by atoms with Crippen LogP contribution >= 0.6 is 0 Å². The Kier molecular flexibility index (Phi) is 6.42. The van der Waals surface area contributed by atoms with Crippen LogP contribution in [0.3, 0.4) is 0 Å². The van der Waals surface area contributed by atoms with E-state index in [4.69, 9.17) is 4.74 Å². The second kappa shape index (κ2) is 8.14. The molecule has 0 aromatic heterocycles. The second-order valence-electron chi connectivity index (χ2n) is 12.4. The minimum absolute atomic E-state index is 0.0105. The monoisotopic (exact) mass is 480 g/mol. The molecule has 8 heteroatoms. The van der Waals surface area contributed by atoms with Crippen LogP contribution in [0.4, 0.5) is 0 Å². The third kappa shape index (κ3) is 4.22. The third-order valence-electron chi connectivity index (χ3n) is 8.63. The molecule has 2 saturated carbocycles. The Morgan fingerprint density at radius 2 is 1.68 bits per heavy atom. The van der Waals surface area contributed by atoms with Gasteiger partial charge in [0, 0.05) is 18.4 Å². The molecule has 0 radical (unpaired) electrons. The Balaban J connectivity index is 2.16. The summed E-state index contributed by atoms with van der Waals surface area (Å²) in [6.45, 7) is 11.0. The number of cyclic esters (lactones) is 1. The summed E-state index contributed by atoms with van der Waals surface area (Å²) in [5.41, 5.74) is -7.48. The van der Waals surface area contributed by atoms with Crippen molar-refractivity contribution in [3.05, 3.63) is 11.8 Å². The number of aliphatic hydroxyl groups is 4. The number of Topliss-reactive ketones (excluding diaryl/α,β-unsaturated/α-hetero) is 1. The molecule has 3 aliphatic rings. The Labute approximate surface area is 201 Å². The number of carbonyl (C=O) groups excluding carboxylic acids is 3. The van der Waals surface area contributed by atoms with Gasteiger partial charge in [-0.15, -0.1) is 0 Å². The highest BCUT2D eigenvalue weighted by Crippen LogP contribution is 2.61. The lowest BCUT2D eigenvalue weighted by molar-refractivity contribution is -0.168. The standard InChI is InChI=1S/C26H40O8/c1-14(2)17(27)10-18(28)26(11-16-15(25(7,33)13-26)8-9-24(16,6)32)20(29)23(5)12-19(22(3,4)31)34-21(23)30/h10,14-16,19,28,31-33H,8-9,11-13H2,1-7H3. The van der Waals surface area contributed by atoms with Gasteiger partial charge in [-0.05, 0) is 72.1 Å². The molecule has 0 aromatic rings. The average Bonchev–Trinajstić information content (AvgIpc) is 3.17. The van der Waals surface area contributed by atoms with Gasteiger partial charge in [-0.3, -0.25) is 14.4 Å². The molecule has 7 atom stereocenters. The van der Waals surface area contributed by atoms with Gasteiger partial charge in [-0.2, -0.15) is 0 Å². The summed E-state index contributed by atoms with van der Waals surface area (Å²) in [7, 11) is 0. The first-order chi connectivity index (χ1) is 15.3. The predicted octanol–water partition coefficient (Wildman–Crippen LogP) is 2.62. The fourth-order valence-electron chi connectivity index (χ4n) is 6.35. The number of hydrogen-bond acceptors (Lipinski definition) is 8. The molecule has 8 nitrogen and oxygen atoms in total. The second-order valence-corrected chi connectivity index (χ2v) is 12.4. The van der Waals surface area contributed by atoms with Crippen molar-refractivity contribution in [3.8, 4) is 0 Å². The van der Waals surface area contributed by atoms with Crippen LogP contribution in [0.2, 0.25) is 0 Å². The lowest BCUT2D eigenvalue weighted by Crippen LogP contribution is -2.58. The van der Waals surface area contributed by atoms with Crippen molar-refractivity contribution < 1.29 is 39.5 Å². The summed E-state index contributed by atoms with van der Waals surface area (Å²) in [6, 6.07) is 0. The first kappa shape index (κ1) is 26.8. The maximum Gasteiger partial charge on any atom is 0.319 e. The zero-order valence-electron chi connectivity index (χ0n) is 21.3. The summed E-state index contributed by atoms with van der Waals surface area (Å²) >= 11 is 0. The Bertz CT molecular complexity index is 908. The van der Waals surface area contributed by atoms with E-state index in [9.17, 15) is 34.8 Å². The van der Waals surface area contributed by atoms with E-state index in [1.807, 2.05) is 0 Å². The van der Waals surface area contributed by atoms with Crippen LogP contribution in [-0.4, -0.2) is 60.9 Å². The topological polar surface area (TPSA) is 141 Å². The van der Waals surface area contributed by atoms with Gasteiger partial charge < -0.3 is 25.2 Å². The summed E-state index contributed by atoms with van der Waals surface area (Å²) in [6.07, 6.45) is 0.778. The molecule has 0 aromatic carbocycles. The Morgan fingerprint density at radius 1 is 1.09 bits per heavy atom. The average molecular weight is 481 g/mol. The van der Waals surface area contributed by atoms with Gasteiger partial charge in [0.1, 0.15) is 17.3 Å². The first-order valence-electron chi connectivity index (χ1n) is 12.2. The zero-order chi connectivity index (χ0) is 26.1. The number of ether oxygens (including phenoxy) is 1. The van der Waals surface area contributed by atoms with Crippen molar-refractivity contribution in [2.75, 3.05) is 0 Å². The molecular weight excluding hydrogens is 440 g/mol. The van der Waals surface area contributed by atoms with Crippen molar-refractivity contribution >= 4 is 17.5 Å². The molecule has 192 valence electrons. The molecule has 7 unspecified atom stereocenters. The largest absolute Gasteiger partial charge is 0.511 e. The molecule has 4 N–H and O–H groups in total. The fourth-order valence-corrected chi connectivity index (χ4v) is 6.35. The number of aliphatic hydroxyl groups excluding tert-OH is 1. The van der Waals surface area contributed by atoms with Gasteiger partial charge in [-0.25, -0.2) is 0 Å². The molecule has 2 aliphatic carbocycles. The number of hydrogen-bond donors (Lipinski definition) is 4. The number of esters is 1. The van der Waals surface area contributed by atoms with Crippen LogP contribution in [-0.2, 0) is 19.1 Å². The van der Waals surface area contributed by atoms with E-state index >= 15 is 0 Å². The molecule has 1 aliphatic heterocycles. The molecule has 1 heterocycles. The molecule has 1 saturated heterocycles. The van der Waals surface area contributed by atoms with Gasteiger partial charge in [0.25, 0.3) is 0 Å². The van der Waals surface area contributed by atoms with Crippen LogP contribution in [0.15, 0.2) is 11.8 Å². The van der Waals surface area contributed by atoms with Gasteiger partial charge in [-0.1, -0.05) is 13.8 Å². The number of rotatable bonds is 6.